The van der Waals surface area contributed by atoms with Crippen LogP contribution in [0, 0.1) is 5.92 Å². The number of methoxy groups -OCH3 is 3. The maximum atomic E-state index is 12.8. The zero-order chi connectivity index (χ0) is 23.7. The molecule has 2 heterocycles. The Hall–Kier alpha value is -3.19. The Bertz CT molecular complexity index is 1070. The molecule has 7 heteroatoms. The van der Waals surface area contributed by atoms with Crippen LogP contribution in [-0.2, 0) is 4.74 Å². The summed E-state index contributed by atoms with van der Waals surface area (Å²) in [6, 6.07) is 10.1. The quantitative estimate of drug-likeness (QED) is 0.590. The normalized spacial score (nSPS) is 24.7. The van der Waals surface area contributed by atoms with Crippen molar-refractivity contribution in [3.63, 3.8) is 0 Å². The summed E-state index contributed by atoms with van der Waals surface area (Å²) in [5.41, 5.74) is 3.97. The number of anilines is 1. The number of rotatable bonds is 7. The van der Waals surface area contributed by atoms with Crippen molar-refractivity contribution >= 4 is 11.6 Å². The van der Waals surface area contributed by atoms with Crippen molar-refractivity contribution in [2.75, 3.05) is 39.8 Å². The Labute approximate surface area is 200 Å². The third-order valence-corrected chi connectivity index (χ3v) is 7.19. The second-order valence-corrected chi connectivity index (χ2v) is 9.08. The number of hydrogen-bond donors (Lipinski definition) is 2. The molecule has 2 aromatic carbocycles. The topological polar surface area (TPSA) is 78.1 Å². The van der Waals surface area contributed by atoms with Gasteiger partial charge in [-0.2, -0.15) is 0 Å². The van der Waals surface area contributed by atoms with E-state index in [9.17, 15) is 4.79 Å². The van der Waals surface area contributed by atoms with E-state index in [1.807, 2.05) is 30.3 Å². The molecule has 34 heavy (non-hydrogen) atoms. The Balaban J connectivity index is 1.42. The second-order valence-electron chi connectivity index (χ2n) is 9.08. The first kappa shape index (κ1) is 22.6. The van der Waals surface area contributed by atoms with Crippen LogP contribution in [0.1, 0.15) is 52.7 Å². The number of carbonyl (C=O) groups is 1. The number of carbonyl (C=O) groups excluding carboxylic acids is 1. The number of benzene rings is 2. The number of hydrogen-bond acceptors (Lipinski definition) is 6. The van der Waals surface area contributed by atoms with Gasteiger partial charge in [0.05, 0.1) is 33.5 Å². The van der Waals surface area contributed by atoms with Gasteiger partial charge in [0.2, 0.25) is 5.75 Å². The van der Waals surface area contributed by atoms with Crippen LogP contribution < -0.4 is 24.8 Å². The molecule has 0 aromatic heterocycles. The molecule has 0 spiro atoms. The summed E-state index contributed by atoms with van der Waals surface area (Å²) in [4.78, 5) is 12.8. The molecule has 4 atom stereocenters. The second kappa shape index (κ2) is 9.58. The molecule has 2 aromatic rings. The van der Waals surface area contributed by atoms with E-state index < -0.39 is 0 Å². The van der Waals surface area contributed by atoms with Gasteiger partial charge in [-0.05, 0) is 66.6 Å². The van der Waals surface area contributed by atoms with Crippen LogP contribution in [0.15, 0.2) is 42.5 Å². The lowest BCUT2D eigenvalue weighted by Gasteiger charge is -2.38. The van der Waals surface area contributed by atoms with Crippen LogP contribution >= 0.6 is 0 Å². The van der Waals surface area contributed by atoms with Gasteiger partial charge in [-0.25, -0.2) is 0 Å². The maximum absolute atomic E-state index is 12.8. The van der Waals surface area contributed by atoms with Crippen LogP contribution in [0.5, 0.6) is 17.2 Å². The smallest absolute Gasteiger partial charge is 0.251 e. The molecule has 5 rings (SSSR count). The standard InChI is InChI=1S/C27H32N2O5/c1-31-23-13-17(14-24(32-2)26(23)33-3)25-20-8-4-7-19(20)21-12-16(9-10-22(21)29-25)27(30)28-15-18-6-5-11-34-18/h4,7,9-10,12-14,18-20,25,29H,5-6,8,11,15H2,1-3H3,(H,28,30). The van der Waals surface area contributed by atoms with Crippen LogP contribution in [0.3, 0.4) is 0 Å². The fraction of sp³-hybridized carbons (Fsp3) is 0.444. The molecule has 1 fully saturated rings. The van der Waals surface area contributed by atoms with Gasteiger partial charge in [0.1, 0.15) is 0 Å². The molecule has 2 N–H and O–H groups in total. The van der Waals surface area contributed by atoms with Gasteiger partial charge in [-0.1, -0.05) is 12.2 Å². The summed E-state index contributed by atoms with van der Waals surface area (Å²) in [5.74, 6) is 2.37. The van der Waals surface area contributed by atoms with Crippen molar-refractivity contribution < 1.29 is 23.7 Å². The van der Waals surface area contributed by atoms with Crippen LogP contribution in [0.2, 0.25) is 0 Å². The summed E-state index contributed by atoms with van der Waals surface area (Å²) in [7, 11) is 4.88. The molecule has 0 saturated carbocycles. The Morgan fingerprint density at radius 2 is 1.91 bits per heavy atom. The van der Waals surface area contributed by atoms with Gasteiger partial charge in [-0.15, -0.1) is 0 Å². The summed E-state index contributed by atoms with van der Waals surface area (Å²) < 4.78 is 22.3. The van der Waals surface area contributed by atoms with Crippen molar-refractivity contribution in [3.8, 4) is 17.2 Å². The molecular formula is C27H32N2O5. The van der Waals surface area contributed by atoms with Gasteiger partial charge in [0.15, 0.2) is 11.5 Å². The van der Waals surface area contributed by atoms with Gasteiger partial charge in [0, 0.05) is 30.3 Å². The van der Waals surface area contributed by atoms with Crippen LogP contribution in [-0.4, -0.2) is 46.5 Å². The fourth-order valence-electron chi connectivity index (χ4n) is 5.46. The van der Waals surface area contributed by atoms with Crippen molar-refractivity contribution in [2.24, 2.45) is 5.92 Å². The minimum Gasteiger partial charge on any atom is -0.493 e. The lowest BCUT2D eigenvalue weighted by atomic mass is 9.76. The molecular weight excluding hydrogens is 432 g/mol. The first-order valence-electron chi connectivity index (χ1n) is 11.9. The average molecular weight is 465 g/mol. The first-order chi connectivity index (χ1) is 16.6. The van der Waals surface area contributed by atoms with E-state index in [0.29, 0.717) is 35.3 Å². The summed E-state index contributed by atoms with van der Waals surface area (Å²) in [5, 5.41) is 6.76. The molecule has 1 amide bonds. The third kappa shape index (κ3) is 4.09. The molecule has 0 bridgehead atoms. The molecule has 4 unspecified atom stereocenters. The number of fused-ring (bicyclic) bond motifs is 3. The monoisotopic (exact) mass is 464 g/mol. The van der Waals surface area contributed by atoms with E-state index in [-0.39, 0.29) is 24.0 Å². The average Bonchev–Trinajstić information content (AvgIpc) is 3.58. The van der Waals surface area contributed by atoms with Crippen LogP contribution in [0.25, 0.3) is 0 Å². The van der Waals surface area contributed by atoms with Crippen LogP contribution in [0.4, 0.5) is 5.69 Å². The highest BCUT2D eigenvalue weighted by Crippen LogP contribution is 2.51. The minimum atomic E-state index is -0.0522. The molecule has 0 radical (unpaired) electrons. The number of allylic oxidation sites excluding steroid dienone is 2. The zero-order valence-corrected chi connectivity index (χ0v) is 19.9. The Morgan fingerprint density at radius 3 is 2.59 bits per heavy atom. The van der Waals surface area contributed by atoms with Gasteiger partial charge >= 0.3 is 0 Å². The molecule has 7 nitrogen and oxygen atoms in total. The summed E-state index contributed by atoms with van der Waals surface area (Å²) in [6.45, 7) is 1.34. The molecule has 1 aliphatic carbocycles. The van der Waals surface area contributed by atoms with E-state index in [2.05, 4.69) is 22.8 Å². The Kier molecular flexibility index (Phi) is 6.37. The van der Waals surface area contributed by atoms with Crippen molar-refractivity contribution in [1.82, 2.24) is 5.32 Å². The van der Waals surface area contributed by atoms with Gasteiger partial charge in [-0.3, -0.25) is 4.79 Å². The van der Waals surface area contributed by atoms with Crippen molar-refractivity contribution in [1.29, 1.82) is 0 Å². The fourth-order valence-corrected chi connectivity index (χ4v) is 5.46. The summed E-state index contributed by atoms with van der Waals surface area (Å²) in [6.07, 6.45) is 7.65. The predicted octanol–water partition coefficient (Wildman–Crippen LogP) is 4.45. The first-order valence-corrected chi connectivity index (χ1v) is 11.9. The van der Waals surface area contributed by atoms with E-state index in [1.165, 1.54) is 0 Å². The highest BCUT2D eigenvalue weighted by molar-refractivity contribution is 5.95. The Morgan fingerprint density at radius 1 is 1.12 bits per heavy atom. The minimum absolute atomic E-state index is 0.0522. The maximum Gasteiger partial charge on any atom is 0.251 e. The highest BCUT2D eigenvalue weighted by atomic mass is 16.5. The van der Waals surface area contributed by atoms with E-state index in [4.69, 9.17) is 18.9 Å². The van der Waals surface area contributed by atoms with Gasteiger partial charge < -0.3 is 29.6 Å². The summed E-state index contributed by atoms with van der Waals surface area (Å²) >= 11 is 0. The van der Waals surface area contributed by atoms with Crippen molar-refractivity contribution in [2.45, 2.75) is 37.3 Å². The molecule has 180 valence electrons. The lowest BCUT2D eigenvalue weighted by Crippen LogP contribution is -2.32. The largest absolute Gasteiger partial charge is 0.493 e. The molecule has 1 saturated heterocycles. The molecule has 3 aliphatic rings. The third-order valence-electron chi connectivity index (χ3n) is 7.19. The van der Waals surface area contributed by atoms with E-state index in [1.54, 1.807) is 21.3 Å². The van der Waals surface area contributed by atoms with Crippen molar-refractivity contribution in [3.05, 3.63) is 59.2 Å². The number of nitrogens with one attached hydrogen (secondary N) is 2. The lowest BCUT2D eigenvalue weighted by molar-refractivity contribution is 0.0857. The number of amides is 1. The zero-order valence-electron chi connectivity index (χ0n) is 19.9. The highest BCUT2D eigenvalue weighted by Gasteiger charge is 2.39. The van der Waals surface area contributed by atoms with E-state index >= 15 is 0 Å². The molecule has 2 aliphatic heterocycles. The van der Waals surface area contributed by atoms with Gasteiger partial charge in [0.25, 0.3) is 5.91 Å². The SMILES string of the molecule is COc1cc(C2Nc3ccc(C(=O)NCC4CCCO4)cc3C3C=CCC32)cc(OC)c1OC. The van der Waals surface area contributed by atoms with E-state index in [0.717, 1.165) is 42.7 Å². The number of ether oxygens (including phenoxy) is 4. The predicted molar refractivity (Wildman–Crippen MR) is 130 cm³/mol.